The molecule has 0 aromatic carbocycles. The lowest BCUT2D eigenvalue weighted by Gasteiger charge is -2.32. The summed E-state index contributed by atoms with van der Waals surface area (Å²) in [6, 6.07) is 2.04. The number of hydrogen-bond donors (Lipinski definition) is 1. The summed E-state index contributed by atoms with van der Waals surface area (Å²) in [5.74, 6) is 1.03. The Hall–Kier alpha value is -1.04. The van der Waals surface area contributed by atoms with Gasteiger partial charge in [-0.15, -0.1) is 0 Å². The first-order valence-corrected chi connectivity index (χ1v) is 4.80. The van der Waals surface area contributed by atoms with E-state index in [2.05, 4.69) is 12.2 Å². The number of amides is 1. The van der Waals surface area contributed by atoms with Gasteiger partial charge < -0.3 is 5.32 Å². The maximum Gasteiger partial charge on any atom is 0.223 e. The molecular formula is C10H16N2O. The lowest BCUT2D eigenvalue weighted by atomic mass is 9.75. The smallest absolute Gasteiger partial charge is 0.223 e. The summed E-state index contributed by atoms with van der Waals surface area (Å²) in [5, 5.41) is 11.2. The Morgan fingerprint density at radius 3 is 2.77 bits per heavy atom. The number of nitriles is 1. The summed E-state index contributed by atoms with van der Waals surface area (Å²) in [5.41, 5.74) is 0. The molecule has 0 radical (unpaired) electrons. The SMILES string of the molecule is CC1CC(C(=O)NC(C)CC#N)C1. The van der Waals surface area contributed by atoms with Crippen molar-refractivity contribution in [2.45, 2.75) is 39.2 Å². The molecule has 3 heteroatoms. The minimum absolute atomic E-state index is 0.00611. The van der Waals surface area contributed by atoms with Crippen LogP contribution < -0.4 is 5.32 Å². The molecule has 13 heavy (non-hydrogen) atoms. The molecule has 72 valence electrons. The number of carbonyl (C=O) groups excluding carboxylic acids is 1. The Bertz CT molecular complexity index is 226. The van der Waals surface area contributed by atoms with Gasteiger partial charge in [-0.3, -0.25) is 4.79 Å². The Kier molecular flexibility index (Phi) is 3.30. The summed E-state index contributed by atoms with van der Waals surface area (Å²) in [6.45, 7) is 4.02. The zero-order valence-electron chi connectivity index (χ0n) is 8.21. The fourth-order valence-electron chi connectivity index (χ4n) is 1.67. The highest BCUT2D eigenvalue weighted by Gasteiger charge is 2.31. The zero-order valence-corrected chi connectivity index (χ0v) is 8.21. The molecular weight excluding hydrogens is 164 g/mol. The highest BCUT2D eigenvalue weighted by molar-refractivity contribution is 5.79. The first-order valence-electron chi connectivity index (χ1n) is 4.80. The van der Waals surface area contributed by atoms with Crippen molar-refractivity contribution in [3.8, 4) is 6.07 Å². The number of carbonyl (C=O) groups is 1. The quantitative estimate of drug-likeness (QED) is 0.714. The van der Waals surface area contributed by atoms with Crippen LogP contribution in [0, 0.1) is 23.2 Å². The average molecular weight is 180 g/mol. The van der Waals surface area contributed by atoms with Gasteiger partial charge >= 0.3 is 0 Å². The third-order valence-corrected chi connectivity index (χ3v) is 2.53. The van der Waals surface area contributed by atoms with Crippen molar-refractivity contribution in [1.29, 1.82) is 5.26 Å². The van der Waals surface area contributed by atoms with Crippen molar-refractivity contribution in [2.24, 2.45) is 11.8 Å². The molecule has 1 amide bonds. The molecule has 0 bridgehead atoms. The van der Waals surface area contributed by atoms with Crippen LogP contribution in [0.25, 0.3) is 0 Å². The Labute approximate surface area is 79.1 Å². The predicted molar refractivity (Wildman–Crippen MR) is 49.7 cm³/mol. The van der Waals surface area contributed by atoms with Gasteiger partial charge in [0.2, 0.25) is 5.91 Å². The fraction of sp³-hybridized carbons (Fsp3) is 0.800. The van der Waals surface area contributed by atoms with E-state index in [1.807, 2.05) is 13.0 Å². The van der Waals surface area contributed by atoms with Gasteiger partial charge in [0.1, 0.15) is 0 Å². The average Bonchev–Trinajstić information content (AvgIpc) is 1.99. The number of hydrogen-bond acceptors (Lipinski definition) is 2. The lowest BCUT2D eigenvalue weighted by Crippen LogP contribution is -2.41. The molecule has 1 fully saturated rings. The van der Waals surface area contributed by atoms with E-state index >= 15 is 0 Å². The third-order valence-electron chi connectivity index (χ3n) is 2.53. The van der Waals surface area contributed by atoms with Crippen LogP contribution in [0.4, 0.5) is 0 Å². The molecule has 1 aliphatic carbocycles. The Balaban J connectivity index is 2.22. The van der Waals surface area contributed by atoms with Gasteiger partial charge in [0, 0.05) is 12.0 Å². The van der Waals surface area contributed by atoms with Crippen LogP contribution in [0.3, 0.4) is 0 Å². The maximum absolute atomic E-state index is 11.4. The number of rotatable bonds is 3. The predicted octanol–water partition coefficient (Wildman–Crippen LogP) is 1.45. The first-order chi connectivity index (χ1) is 6.13. The van der Waals surface area contributed by atoms with E-state index in [0.717, 1.165) is 12.8 Å². The topological polar surface area (TPSA) is 52.9 Å². The lowest BCUT2D eigenvalue weighted by molar-refractivity contribution is -0.129. The van der Waals surface area contributed by atoms with Crippen LogP contribution in [-0.4, -0.2) is 11.9 Å². The van der Waals surface area contributed by atoms with Crippen LogP contribution in [0.15, 0.2) is 0 Å². The Morgan fingerprint density at radius 1 is 1.69 bits per heavy atom. The van der Waals surface area contributed by atoms with E-state index in [1.165, 1.54) is 0 Å². The minimum Gasteiger partial charge on any atom is -0.352 e. The second kappa shape index (κ2) is 4.27. The summed E-state index contributed by atoms with van der Waals surface area (Å²) >= 11 is 0. The highest BCUT2D eigenvalue weighted by atomic mass is 16.1. The summed E-state index contributed by atoms with van der Waals surface area (Å²) < 4.78 is 0. The summed E-state index contributed by atoms with van der Waals surface area (Å²) in [6.07, 6.45) is 2.41. The minimum atomic E-state index is -0.00611. The fourth-order valence-corrected chi connectivity index (χ4v) is 1.67. The van der Waals surface area contributed by atoms with Gasteiger partial charge in [-0.25, -0.2) is 0 Å². The normalized spacial score (nSPS) is 28.4. The molecule has 1 saturated carbocycles. The van der Waals surface area contributed by atoms with Crippen LogP contribution in [-0.2, 0) is 4.79 Å². The van der Waals surface area contributed by atoms with Crippen LogP contribution in [0.1, 0.15) is 33.1 Å². The molecule has 1 unspecified atom stereocenters. The molecule has 3 nitrogen and oxygen atoms in total. The van der Waals surface area contributed by atoms with Crippen molar-refractivity contribution < 1.29 is 4.79 Å². The third kappa shape index (κ3) is 2.73. The summed E-state index contributed by atoms with van der Waals surface area (Å²) in [4.78, 5) is 11.4. The van der Waals surface area contributed by atoms with Gasteiger partial charge in [0.15, 0.2) is 0 Å². The summed E-state index contributed by atoms with van der Waals surface area (Å²) in [7, 11) is 0. The van der Waals surface area contributed by atoms with E-state index in [4.69, 9.17) is 5.26 Å². The standard InChI is InChI=1S/C10H16N2O/c1-7-5-9(6-7)10(13)12-8(2)3-4-11/h7-9H,3,5-6H2,1-2H3,(H,12,13). The molecule has 0 saturated heterocycles. The molecule has 0 aromatic heterocycles. The molecule has 1 aliphatic rings. The van der Waals surface area contributed by atoms with E-state index in [9.17, 15) is 4.79 Å². The first kappa shape index (κ1) is 10.0. The largest absolute Gasteiger partial charge is 0.352 e. The van der Waals surface area contributed by atoms with Gasteiger partial charge in [0.05, 0.1) is 12.5 Å². The van der Waals surface area contributed by atoms with Crippen molar-refractivity contribution in [3.63, 3.8) is 0 Å². The monoisotopic (exact) mass is 180 g/mol. The maximum atomic E-state index is 11.4. The molecule has 0 spiro atoms. The van der Waals surface area contributed by atoms with E-state index in [-0.39, 0.29) is 17.9 Å². The number of nitrogens with one attached hydrogen (secondary N) is 1. The second-order valence-corrected chi connectivity index (χ2v) is 4.05. The van der Waals surface area contributed by atoms with E-state index < -0.39 is 0 Å². The molecule has 1 atom stereocenters. The van der Waals surface area contributed by atoms with Crippen molar-refractivity contribution in [2.75, 3.05) is 0 Å². The van der Waals surface area contributed by atoms with E-state index in [1.54, 1.807) is 0 Å². The molecule has 0 heterocycles. The van der Waals surface area contributed by atoms with Gasteiger partial charge in [-0.1, -0.05) is 6.92 Å². The molecule has 1 N–H and O–H groups in total. The van der Waals surface area contributed by atoms with Crippen LogP contribution in [0.5, 0.6) is 0 Å². The number of nitrogens with zero attached hydrogens (tertiary/aromatic N) is 1. The zero-order chi connectivity index (χ0) is 9.84. The molecule has 0 aromatic rings. The highest BCUT2D eigenvalue weighted by Crippen LogP contribution is 2.32. The van der Waals surface area contributed by atoms with Gasteiger partial charge in [-0.05, 0) is 25.7 Å². The van der Waals surface area contributed by atoms with Crippen molar-refractivity contribution in [3.05, 3.63) is 0 Å². The second-order valence-electron chi connectivity index (χ2n) is 4.05. The molecule has 0 aliphatic heterocycles. The van der Waals surface area contributed by atoms with Crippen LogP contribution in [0.2, 0.25) is 0 Å². The Morgan fingerprint density at radius 2 is 2.31 bits per heavy atom. The van der Waals surface area contributed by atoms with E-state index in [0.29, 0.717) is 12.3 Å². The van der Waals surface area contributed by atoms with Crippen molar-refractivity contribution in [1.82, 2.24) is 5.32 Å². The molecule has 1 rings (SSSR count). The van der Waals surface area contributed by atoms with Gasteiger partial charge in [-0.2, -0.15) is 5.26 Å². The van der Waals surface area contributed by atoms with Gasteiger partial charge in [0.25, 0.3) is 0 Å². The van der Waals surface area contributed by atoms with Crippen molar-refractivity contribution >= 4 is 5.91 Å². The van der Waals surface area contributed by atoms with Crippen LogP contribution >= 0.6 is 0 Å².